The molecule has 0 aliphatic rings. The molecule has 0 amide bonds. The zero-order valence-electron chi connectivity index (χ0n) is 8.29. The van der Waals surface area contributed by atoms with Crippen molar-refractivity contribution in [1.29, 1.82) is 5.41 Å². The molecule has 82 valence electrons. The van der Waals surface area contributed by atoms with Crippen LogP contribution in [0.15, 0.2) is 24.3 Å². The van der Waals surface area contributed by atoms with Crippen LogP contribution < -0.4 is 15.8 Å². The van der Waals surface area contributed by atoms with Crippen LogP contribution in [0.25, 0.3) is 0 Å². The van der Waals surface area contributed by atoms with Gasteiger partial charge in [0.2, 0.25) is 0 Å². The number of benzene rings is 1. The zero-order chi connectivity index (χ0) is 11.1. The first kappa shape index (κ1) is 11.7. The number of nitrogens with two attached hydrogens (primary N) is 1. The average Bonchev–Trinajstić information content (AvgIpc) is 2.20. The maximum Gasteiger partial charge on any atom is 0.185 e. The second-order valence-corrected chi connectivity index (χ2v) is 3.43. The lowest BCUT2D eigenvalue weighted by molar-refractivity contribution is 0.311. The van der Waals surface area contributed by atoms with E-state index in [0.29, 0.717) is 18.2 Å². The quantitative estimate of drug-likeness (QED) is 0.407. The Morgan fingerprint density at radius 2 is 2.07 bits per heavy atom. The largest absolute Gasteiger partial charge is 0.494 e. The molecule has 0 aliphatic carbocycles. The van der Waals surface area contributed by atoms with Gasteiger partial charge in [0.25, 0.3) is 0 Å². The SMILES string of the molecule is N=C(N)NCCCOc1ccc(Cl)cc1. The van der Waals surface area contributed by atoms with Crippen molar-refractivity contribution in [3.63, 3.8) is 0 Å². The number of rotatable bonds is 5. The molecule has 0 radical (unpaired) electrons. The highest BCUT2D eigenvalue weighted by molar-refractivity contribution is 6.30. The highest BCUT2D eigenvalue weighted by Gasteiger charge is 1.94. The van der Waals surface area contributed by atoms with E-state index in [1.807, 2.05) is 12.1 Å². The van der Waals surface area contributed by atoms with Crippen molar-refractivity contribution in [3.8, 4) is 5.75 Å². The molecule has 1 aromatic carbocycles. The molecule has 0 unspecified atom stereocenters. The summed E-state index contributed by atoms with van der Waals surface area (Å²) in [6, 6.07) is 7.21. The highest BCUT2D eigenvalue weighted by atomic mass is 35.5. The van der Waals surface area contributed by atoms with Crippen molar-refractivity contribution in [1.82, 2.24) is 5.32 Å². The summed E-state index contributed by atoms with van der Waals surface area (Å²) in [5.74, 6) is 0.781. The van der Waals surface area contributed by atoms with Gasteiger partial charge in [0, 0.05) is 11.6 Å². The van der Waals surface area contributed by atoms with Crippen LogP contribution in [0.5, 0.6) is 5.75 Å². The lowest BCUT2D eigenvalue weighted by Gasteiger charge is -2.06. The van der Waals surface area contributed by atoms with Crippen molar-refractivity contribution >= 4 is 17.6 Å². The smallest absolute Gasteiger partial charge is 0.185 e. The fourth-order valence-electron chi connectivity index (χ4n) is 1.02. The van der Waals surface area contributed by atoms with Gasteiger partial charge in [0.1, 0.15) is 5.75 Å². The summed E-state index contributed by atoms with van der Waals surface area (Å²) in [4.78, 5) is 0. The number of halogens is 1. The van der Waals surface area contributed by atoms with Gasteiger partial charge in [-0.15, -0.1) is 0 Å². The summed E-state index contributed by atoms with van der Waals surface area (Å²) < 4.78 is 5.43. The number of ether oxygens (including phenoxy) is 1. The van der Waals surface area contributed by atoms with Crippen LogP contribution in [0.1, 0.15) is 6.42 Å². The van der Waals surface area contributed by atoms with Gasteiger partial charge in [-0.2, -0.15) is 0 Å². The lowest BCUT2D eigenvalue weighted by Crippen LogP contribution is -2.31. The van der Waals surface area contributed by atoms with E-state index in [4.69, 9.17) is 27.5 Å². The Kier molecular flexibility index (Phi) is 4.77. The van der Waals surface area contributed by atoms with Crippen LogP contribution in [0, 0.1) is 5.41 Å². The maximum atomic E-state index is 6.93. The molecule has 0 saturated carbocycles. The van der Waals surface area contributed by atoms with Gasteiger partial charge in [0.15, 0.2) is 5.96 Å². The highest BCUT2D eigenvalue weighted by Crippen LogP contribution is 2.15. The summed E-state index contributed by atoms with van der Waals surface area (Å²) in [6.07, 6.45) is 0.794. The van der Waals surface area contributed by atoms with Crippen LogP contribution in [-0.4, -0.2) is 19.1 Å². The minimum Gasteiger partial charge on any atom is -0.494 e. The average molecular weight is 228 g/mol. The molecule has 0 aliphatic heterocycles. The Bertz CT molecular complexity index is 313. The fraction of sp³-hybridized carbons (Fsp3) is 0.300. The molecule has 0 atom stereocenters. The topological polar surface area (TPSA) is 71.1 Å². The van der Waals surface area contributed by atoms with E-state index < -0.39 is 0 Å². The number of hydrogen-bond acceptors (Lipinski definition) is 2. The lowest BCUT2D eigenvalue weighted by atomic mass is 10.3. The molecule has 0 bridgehead atoms. The van der Waals surface area contributed by atoms with E-state index in [-0.39, 0.29) is 5.96 Å². The predicted octanol–water partition coefficient (Wildman–Crippen LogP) is 1.59. The molecule has 0 heterocycles. The zero-order valence-corrected chi connectivity index (χ0v) is 9.05. The first-order valence-electron chi connectivity index (χ1n) is 4.65. The van der Waals surface area contributed by atoms with Gasteiger partial charge in [-0.05, 0) is 30.7 Å². The molecule has 5 heteroatoms. The molecule has 0 saturated heterocycles. The van der Waals surface area contributed by atoms with E-state index >= 15 is 0 Å². The van der Waals surface area contributed by atoms with Gasteiger partial charge in [-0.25, -0.2) is 0 Å². The first-order valence-corrected chi connectivity index (χ1v) is 5.02. The molecule has 1 rings (SSSR count). The van der Waals surface area contributed by atoms with Crippen molar-refractivity contribution < 1.29 is 4.74 Å². The van der Waals surface area contributed by atoms with Gasteiger partial charge < -0.3 is 15.8 Å². The Hall–Kier alpha value is -1.42. The van der Waals surface area contributed by atoms with Gasteiger partial charge in [-0.1, -0.05) is 11.6 Å². The van der Waals surface area contributed by atoms with Crippen LogP contribution in [-0.2, 0) is 0 Å². The van der Waals surface area contributed by atoms with Gasteiger partial charge in [0.05, 0.1) is 6.61 Å². The molecule has 0 aromatic heterocycles. The van der Waals surface area contributed by atoms with Crippen molar-refractivity contribution in [2.45, 2.75) is 6.42 Å². The monoisotopic (exact) mass is 227 g/mol. The number of nitrogens with one attached hydrogen (secondary N) is 2. The summed E-state index contributed by atoms with van der Waals surface area (Å²) in [5, 5.41) is 10.3. The summed E-state index contributed by atoms with van der Waals surface area (Å²) in [6.45, 7) is 1.23. The van der Waals surface area contributed by atoms with Crippen molar-refractivity contribution in [2.75, 3.05) is 13.2 Å². The van der Waals surface area contributed by atoms with E-state index in [1.165, 1.54) is 0 Å². The standard InChI is InChI=1S/C10H14ClN3O/c11-8-2-4-9(5-3-8)15-7-1-6-14-10(12)13/h2-5H,1,6-7H2,(H4,12,13,14). The second-order valence-electron chi connectivity index (χ2n) is 3.00. The molecular weight excluding hydrogens is 214 g/mol. The van der Waals surface area contributed by atoms with Crippen LogP contribution in [0.4, 0.5) is 0 Å². The normalized spacial score (nSPS) is 9.67. The van der Waals surface area contributed by atoms with E-state index in [9.17, 15) is 0 Å². The van der Waals surface area contributed by atoms with E-state index in [0.717, 1.165) is 12.2 Å². The van der Waals surface area contributed by atoms with E-state index in [1.54, 1.807) is 12.1 Å². The number of hydrogen-bond donors (Lipinski definition) is 3. The molecule has 4 N–H and O–H groups in total. The third-order valence-corrected chi connectivity index (χ3v) is 1.97. The van der Waals surface area contributed by atoms with Crippen molar-refractivity contribution in [3.05, 3.63) is 29.3 Å². The predicted molar refractivity (Wildman–Crippen MR) is 61.5 cm³/mol. The molecule has 0 fully saturated rings. The molecule has 15 heavy (non-hydrogen) atoms. The molecule has 4 nitrogen and oxygen atoms in total. The Morgan fingerprint density at radius 3 is 2.67 bits per heavy atom. The molecule has 0 spiro atoms. The van der Waals surface area contributed by atoms with Gasteiger partial charge >= 0.3 is 0 Å². The molecular formula is C10H14ClN3O. The fourth-order valence-corrected chi connectivity index (χ4v) is 1.14. The molecule has 1 aromatic rings. The third-order valence-electron chi connectivity index (χ3n) is 1.72. The summed E-state index contributed by atoms with van der Waals surface area (Å²) in [7, 11) is 0. The van der Waals surface area contributed by atoms with Crippen LogP contribution >= 0.6 is 11.6 Å². The van der Waals surface area contributed by atoms with Crippen LogP contribution in [0.2, 0.25) is 5.02 Å². The summed E-state index contributed by atoms with van der Waals surface area (Å²) in [5.41, 5.74) is 5.12. The second kappa shape index (κ2) is 6.14. The Balaban J connectivity index is 2.15. The third kappa shape index (κ3) is 5.12. The first-order chi connectivity index (χ1) is 7.18. The maximum absolute atomic E-state index is 6.93. The van der Waals surface area contributed by atoms with Gasteiger partial charge in [-0.3, -0.25) is 5.41 Å². The Morgan fingerprint density at radius 1 is 1.40 bits per heavy atom. The minimum absolute atomic E-state index is 0.0125. The van der Waals surface area contributed by atoms with Crippen LogP contribution in [0.3, 0.4) is 0 Å². The minimum atomic E-state index is -0.0125. The van der Waals surface area contributed by atoms with E-state index in [2.05, 4.69) is 5.32 Å². The van der Waals surface area contributed by atoms with Crippen molar-refractivity contribution in [2.24, 2.45) is 5.73 Å². The number of guanidine groups is 1. The summed E-state index contributed by atoms with van der Waals surface area (Å²) >= 11 is 5.73. The Labute approximate surface area is 93.9 Å².